The molecule has 4 nitrogen and oxygen atoms in total. The summed E-state index contributed by atoms with van der Waals surface area (Å²) in [6.07, 6.45) is 7.15. The van der Waals surface area contributed by atoms with Gasteiger partial charge >= 0.3 is 5.97 Å². The molecule has 0 saturated heterocycles. The Bertz CT molecular complexity index is 376. The van der Waals surface area contributed by atoms with E-state index < -0.39 is 11.6 Å². The maximum absolute atomic E-state index is 11.1. The average Bonchev–Trinajstić information content (AvgIpc) is 2.16. The van der Waals surface area contributed by atoms with Gasteiger partial charge in [0.2, 0.25) is 0 Å². The number of hydrogen-bond donors (Lipinski definition) is 2. The smallest absolute Gasteiger partial charge is 0.328 e. The first-order valence-electron chi connectivity index (χ1n) is 4.48. The third-order valence-corrected chi connectivity index (χ3v) is 2.23. The number of carboxylic acids is 1. The third kappa shape index (κ3) is 2.89. The first kappa shape index (κ1) is 11.4. The molecule has 0 fully saturated rings. The predicted molar refractivity (Wildman–Crippen MR) is 54.2 cm³/mol. The second kappa shape index (κ2) is 4.23. The number of carbonyl (C=O) groups excluding carboxylic acids is 1. The lowest BCUT2D eigenvalue weighted by Crippen LogP contribution is -2.35. The lowest BCUT2D eigenvalue weighted by Gasteiger charge is -2.22. The second-order valence-electron chi connectivity index (χ2n) is 3.39. The molecule has 0 heterocycles. The van der Waals surface area contributed by atoms with Crippen LogP contribution in [0.3, 0.4) is 0 Å². The molecular weight excluding hydrogens is 196 g/mol. The van der Waals surface area contributed by atoms with Crippen molar-refractivity contribution in [2.45, 2.75) is 18.9 Å². The molecule has 0 aromatic carbocycles. The number of allylic oxidation sites excluding steroid dienone is 3. The van der Waals surface area contributed by atoms with E-state index >= 15 is 0 Å². The molecule has 80 valence electrons. The topological polar surface area (TPSA) is 74.6 Å². The molecule has 1 aliphatic rings. The Morgan fingerprint density at radius 2 is 2.20 bits per heavy atom. The largest absolute Gasteiger partial charge is 0.478 e. The summed E-state index contributed by atoms with van der Waals surface area (Å²) in [7, 11) is 0. The van der Waals surface area contributed by atoms with E-state index in [4.69, 9.17) is 5.11 Å². The van der Waals surface area contributed by atoms with Crippen molar-refractivity contribution >= 4 is 11.8 Å². The summed E-state index contributed by atoms with van der Waals surface area (Å²) in [5.41, 5.74) is -0.760. The van der Waals surface area contributed by atoms with Crippen LogP contribution in [0.4, 0.5) is 0 Å². The van der Waals surface area contributed by atoms with Gasteiger partial charge in [-0.2, -0.15) is 0 Å². The molecule has 0 aromatic heterocycles. The molecule has 0 saturated carbocycles. The number of carboxylic acid groups (broad SMARTS) is 1. The zero-order chi connectivity index (χ0) is 11.5. The lowest BCUT2D eigenvalue weighted by molar-refractivity contribution is -0.131. The van der Waals surface area contributed by atoms with Gasteiger partial charge in [-0.25, -0.2) is 4.79 Å². The minimum absolute atomic E-state index is 0.179. The summed E-state index contributed by atoms with van der Waals surface area (Å²) in [5, 5.41) is 18.1. The van der Waals surface area contributed by atoms with Crippen LogP contribution in [0.2, 0.25) is 0 Å². The van der Waals surface area contributed by atoms with Crippen LogP contribution in [0.25, 0.3) is 0 Å². The molecule has 0 aliphatic heterocycles. The molecule has 1 rings (SSSR count). The highest BCUT2D eigenvalue weighted by atomic mass is 16.4. The molecule has 1 aliphatic carbocycles. The van der Waals surface area contributed by atoms with Gasteiger partial charge in [0.25, 0.3) is 0 Å². The summed E-state index contributed by atoms with van der Waals surface area (Å²) in [5.74, 6) is -1.35. The summed E-state index contributed by atoms with van der Waals surface area (Å²) in [6, 6.07) is 0. The van der Waals surface area contributed by atoms with Gasteiger partial charge in [-0.3, -0.25) is 4.79 Å². The summed E-state index contributed by atoms with van der Waals surface area (Å²) < 4.78 is 0. The van der Waals surface area contributed by atoms with Gasteiger partial charge in [-0.15, -0.1) is 0 Å². The van der Waals surface area contributed by atoms with Crippen LogP contribution in [0.15, 0.2) is 36.0 Å². The first-order chi connectivity index (χ1) is 6.94. The number of Topliss-reactive ketones (excluding diaryl/α,β-unsaturated/α-hetero) is 1. The van der Waals surface area contributed by atoms with Crippen molar-refractivity contribution in [2.75, 3.05) is 0 Å². The fourth-order valence-corrected chi connectivity index (χ4v) is 1.20. The highest BCUT2D eigenvalue weighted by molar-refractivity contribution is 5.87. The number of rotatable bonds is 3. The molecule has 2 N–H and O–H groups in total. The van der Waals surface area contributed by atoms with Gasteiger partial charge in [-0.1, -0.05) is 12.2 Å². The van der Waals surface area contributed by atoms with Crippen molar-refractivity contribution in [3.05, 3.63) is 36.0 Å². The summed E-state index contributed by atoms with van der Waals surface area (Å²) in [6.45, 7) is 1.32. The minimum Gasteiger partial charge on any atom is -0.478 e. The molecular formula is C11H12O4. The number of carbonyl (C=O) groups is 2. The molecule has 0 aromatic rings. The summed E-state index contributed by atoms with van der Waals surface area (Å²) in [4.78, 5) is 21.3. The van der Waals surface area contributed by atoms with E-state index in [-0.39, 0.29) is 12.2 Å². The minimum atomic E-state index is -1.43. The van der Waals surface area contributed by atoms with Gasteiger partial charge in [0.1, 0.15) is 5.60 Å². The van der Waals surface area contributed by atoms with Crippen molar-refractivity contribution in [3.63, 3.8) is 0 Å². The van der Waals surface area contributed by atoms with Crippen LogP contribution in [-0.4, -0.2) is 27.6 Å². The first-order valence-corrected chi connectivity index (χ1v) is 4.48. The number of ketones is 1. The Balaban J connectivity index is 2.73. The van der Waals surface area contributed by atoms with E-state index in [1.165, 1.54) is 25.2 Å². The van der Waals surface area contributed by atoms with E-state index in [9.17, 15) is 14.7 Å². The highest BCUT2D eigenvalue weighted by Crippen LogP contribution is 2.22. The van der Waals surface area contributed by atoms with Crippen LogP contribution in [0, 0.1) is 0 Å². The Kier molecular flexibility index (Phi) is 3.21. The Morgan fingerprint density at radius 3 is 2.60 bits per heavy atom. The third-order valence-electron chi connectivity index (χ3n) is 2.23. The van der Waals surface area contributed by atoms with Crippen LogP contribution in [-0.2, 0) is 9.59 Å². The van der Waals surface area contributed by atoms with Crippen molar-refractivity contribution in [1.29, 1.82) is 0 Å². The number of aliphatic hydroxyl groups is 1. The standard InChI is InChI=1S/C11H12O4/c1-8(12)11(15)6-4-9(5-7-11)2-3-10(13)14/h2-6,15H,7H2,1H3,(H,13,14)/b3-2-. The van der Waals surface area contributed by atoms with Crippen molar-refractivity contribution < 1.29 is 19.8 Å². The molecule has 1 atom stereocenters. The zero-order valence-electron chi connectivity index (χ0n) is 8.30. The van der Waals surface area contributed by atoms with Crippen molar-refractivity contribution in [1.82, 2.24) is 0 Å². The SMILES string of the molecule is CC(=O)C1(O)C=CC(/C=C\C(=O)O)=CC1. The monoisotopic (exact) mass is 208 g/mol. The fourth-order valence-electron chi connectivity index (χ4n) is 1.20. The Labute approximate surface area is 87.2 Å². The van der Waals surface area contributed by atoms with Gasteiger partial charge < -0.3 is 10.2 Å². The van der Waals surface area contributed by atoms with E-state index in [1.807, 2.05) is 0 Å². The maximum Gasteiger partial charge on any atom is 0.328 e. The van der Waals surface area contributed by atoms with Gasteiger partial charge in [0.15, 0.2) is 5.78 Å². The highest BCUT2D eigenvalue weighted by Gasteiger charge is 2.29. The lowest BCUT2D eigenvalue weighted by atomic mass is 9.89. The van der Waals surface area contributed by atoms with E-state index in [1.54, 1.807) is 6.08 Å². The quantitative estimate of drug-likeness (QED) is 0.674. The Hall–Kier alpha value is -1.68. The van der Waals surface area contributed by atoms with Crippen LogP contribution in [0.5, 0.6) is 0 Å². The molecule has 4 heteroatoms. The molecule has 0 spiro atoms. The van der Waals surface area contributed by atoms with Gasteiger partial charge in [-0.05, 0) is 24.6 Å². The molecule has 0 bridgehead atoms. The van der Waals surface area contributed by atoms with Gasteiger partial charge in [0, 0.05) is 12.5 Å². The van der Waals surface area contributed by atoms with E-state index in [0.29, 0.717) is 5.57 Å². The molecule has 1 unspecified atom stereocenters. The zero-order valence-corrected chi connectivity index (χ0v) is 8.30. The van der Waals surface area contributed by atoms with E-state index in [2.05, 4.69) is 0 Å². The Morgan fingerprint density at radius 1 is 1.53 bits per heavy atom. The van der Waals surface area contributed by atoms with Crippen molar-refractivity contribution in [2.24, 2.45) is 0 Å². The molecule has 15 heavy (non-hydrogen) atoms. The summed E-state index contributed by atoms with van der Waals surface area (Å²) >= 11 is 0. The molecule has 0 radical (unpaired) electrons. The molecule has 0 amide bonds. The van der Waals surface area contributed by atoms with Gasteiger partial charge in [0.05, 0.1) is 0 Å². The van der Waals surface area contributed by atoms with Crippen molar-refractivity contribution in [3.8, 4) is 0 Å². The predicted octanol–water partition coefficient (Wildman–Crippen LogP) is 0.834. The van der Waals surface area contributed by atoms with Crippen LogP contribution >= 0.6 is 0 Å². The normalized spacial score (nSPS) is 25.3. The fraction of sp³-hybridized carbons (Fsp3) is 0.273. The second-order valence-corrected chi connectivity index (χ2v) is 3.39. The van der Waals surface area contributed by atoms with Crippen LogP contribution < -0.4 is 0 Å². The average molecular weight is 208 g/mol. The maximum atomic E-state index is 11.1. The van der Waals surface area contributed by atoms with E-state index in [0.717, 1.165) is 6.08 Å². The number of hydrogen-bond acceptors (Lipinski definition) is 3. The number of aliphatic carboxylic acids is 1. The van der Waals surface area contributed by atoms with Crippen LogP contribution in [0.1, 0.15) is 13.3 Å².